The summed E-state index contributed by atoms with van der Waals surface area (Å²) >= 11 is 1.67. The Morgan fingerprint density at radius 1 is 1.19 bits per heavy atom. The van der Waals surface area contributed by atoms with E-state index in [1.54, 1.807) is 37.3 Å². The number of sulfonamides is 1. The Morgan fingerprint density at radius 3 is 2.32 bits per heavy atom. The highest BCUT2D eigenvalue weighted by molar-refractivity contribution is 7.94. The SMILES string of the molecule is CCN(CC)C(CNC(=O)c1ccc(N2C(=O)C(C)(C)CS2(=O)=O)cc1)c1cccs1. The van der Waals surface area contributed by atoms with Crippen LogP contribution in [0.5, 0.6) is 0 Å². The van der Waals surface area contributed by atoms with Gasteiger partial charge in [-0.2, -0.15) is 0 Å². The summed E-state index contributed by atoms with van der Waals surface area (Å²) in [4.78, 5) is 28.7. The van der Waals surface area contributed by atoms with Crippen LogP contribution in [0.1, 0.15) is 49.0 Å². The second kappa shape index (κ2) is 9.10. The van der Waals surface area contributed by atoms with Gasteiger partial charge in [-0.1, -0.05) is 19.9 Å². The van der Waals surface area contributed by atoms with Crippen molar-refractivity contribution in [2.24, 2.45) is 5.41 Å². The molecule has 2 amide bonds. The zero-order valence-electron chi connectivity index (χ0n) is 18.3. The summed E-state index contributed by atoms with van der Waals surface area (Å²) in [5, 5.41) is 5.02. The van der Waals surface area contributed by atoms with Crippen LogP contribution < -0.4 is 9.62 Å². The highest BCUT2D eigenvalue weighted by atomic mass is 32.2. The molecule has 1 aliphatic heterocycles. The van der Waals surface area contributed by atoms with E-state index < -0.39 is 21.3 Å². The van der Waals surface area contributed by atoms with Gasteiger partial charge in [0.1, 0.15) is 0 Å². The molecule has 31 heavy (non-hydrogen) atoms. The molecule has 1 N–H and O–H groups in total. The lowest BCUT2D eigenvalue weighted by Gasteiger charge is -2.29. The first-order valence-electron chi connectivity index (χ1n) is 10.3. The van der Waals surface area contributed by atoms with Crippen molar-refractivity contribution in [3.8, 4) is 0 Å². The van der Waals surface area contributed by atoms with E-state index >= 15 is 0 Å². The molecule has 1 atom stereocenters. The van der Waals surface area contributed by atoms with Crippen LogP contribution in [0.25, 0.3) is 0 Å². The summed E-state index contributed by atoms with van der Waals surface area (Å²) in [5.41, 5.74) is -0.293. The minimum absolute atomic E-state index is 0.0906. The number of nitrogens with zero attached hydrogens (tertiary/aromatic N) is 2. The standard InChI is InChI=1S/C22H29N3O4S2/c1-5-24(6-2)18(19-8-7-13-30-19)14-23-20(26)16-9-11-17(12-10-16)25-21(27)22(3,4)15-31(25,28)29/h7-13,18H,5-6,14-15H2,1-4H3,(H,23,26). The van der Waals surface area contributed by atoms with E-state index in [9.17, 15) is 18.0 Å². The van der Waals surface area contributed by atoms with E-state index in [4.69, 9.17) is 0 Å². The number of thiophene rings is 1. The maximum atomic E-state index is 12.7. The molecule has 0 spiro atoms. The van der Waals surface area contributed by atoms with Crippen molar-refractivity contribution in [3.63, 3.8) is 0 Å². The van der Waals surface area contributed by atoms with Crippen LogP contribution in [0.4, 0.5) is 5.69 Å². The minimum Gasteiger partial charge on any atom is -0.350 e. The number of anilines is 1. The molecule has 0 radical (unpaired) electrons. The quantitative estimate of drug-likeness (QED) is 0.649. The minimum atomic E-state index is -3.71. The summed E-state index contributed by atoms with van der Waals surface area (Å²) in [6.07, 6.45) is 0. The number of likely N-dealkylation sites (N-methyl/N-ethyl adjacent to an activating group) is 1. The monoisotopic (exact) mass is 463 g/mol. The molecule has 1 fully saturated rings. The van der Waals surface area contributed by atoms with Gasteiger partial charge in [-0.15, -0.1) is 11.3 Å². The summed E-state index contributed by atoms with van der Waals surface area (Å²) in [6, 6.07) is 10.3. The van der Waals surface area contributed by atoms with Crippen molar-refractivity contribution in [2.75, 3.05) is 29.7 Å². The van der Waals surface area contributed by atoms with Gasteiger partial charge in [0.15, 0.2) is 0 Å². The first-order chi connectivity index (χ1) is 14.6. The zero-order chi connectivity index (χ0) is 22.8. The van der Waals surface area contributed by atoms with Crippen molar-refractivity contribution in [1.29, 1.82) is 0 Å². The Kier molecular flexibility index (Phi) is 6.88. The van der Waals surface area contributed by atoms with E-state index in [0.717, 1.165) is 17.4 Å². The van der Waals surface area contributed by atoms with Crippen LogP contribution in [-0.4, -0.2) is 50.5 Å². The van der Waals surface area contributed by atoms with Crippen LogP contribution >= 0.6 is 11.3 Å². The Hall–Kier alpha value is -2.23. The number of carbonyl (C=O) groups is 2. The predicted molar refractivity (Wildman–Crippen MR) is 124 cm³/mol. The topological polar surface area (TPSA) is 86.8 Å². The molecule has 9 heteroatoms. The maximum Gasteiger partial charge on any atom is 0.251 e. The third kappa shape index (κ3) is 4.83. The molecule has 2 heterocycles. The number of amides is 2. The molecule has 0 saturated carbocycles. The molecule has 0 aliphatic carbocycles. The molecule has 1 aromatic heterocycles. The van der Waals surface area contributed by atoms with Gasteiger partial charge in [-0.3, -0.25) is 14.5 Å². The van der Waals surface area contributed by atoms with E-state index in [2.05, 4.69) is 30.1 Å². The maximum absolute atomic E-state index is 12.7. The molecule has 1 aliphatic rings. The molecule has 1 saturated heterocycles. The van der Waals surface area contributed by atoms with E-state index in [-0.39, 0.29) is 23.4 Å². The molecule has 0 bridgehead atoms. The van der Waals surface area contributed by atoms with Crippen molar-refractivity contribution in [1.82, 2.24) is 10.2 Å². The molecule has 3 rings (SSSR count). The van der Waals surface area contributed by atoms with Gasteiger partial charge in [0.25, 0.3) is 5.91 Å². The van der Waals surface area contributed by atoms with Gasteiger partial charge >= 0.3 is 0 Å². The highest BCUT2D eigenvalue weighted by Crippen LogP contribution is 2.35. The van der Waals surface area contributed by atoms with Crippen LogP contribution in [0, 0.1) is 5.41 Å². The van der Waals surface area contributed by atoms with Crippen molar-refractivity contribution < 1.29 is 18.0 Å². The molecular formula is C22H29N3O4S2. The highest BCUT2D eigenvalue weighted by Gasteiger charge is 2.49. The fourth-order valence-corrected chi connectivity index (χ4v) is 6.82. The summed E-state index contributed by atoms with van der Waals surface area (Å²) in [5.74, 6) is -0.921. The molecule has 7 nitrogen and oxygen atoms in total. The van der Waals surface area contributed by atoms with Crippen molar-refractivity contribution in [3.05, 3.63) is 52.2 Å². The Morgan fingerprint density at radius 2 is 1.84 bits per heavy atom. The van der Waals surface area contributed by atoms with Crippen molar-refractivity contribution in [2.45, 2.75) is 33.7 Å². The number of rotatable bonds is 8. The summed E-state index contributed by atoms with van der Waals surface area (Å²) < 4.78 is 25.7. The first-order valence-corrected chi connectivity index (χ1v) is 12.8. The number of hydrogen-bond acceptors (Lipinski definition) is 6. The van der Waals surface area contributed by atoms with Crippen LogP contribution in [0.2, 0.25) is 0 Å². The van der Waals surface area contributed by atoms with Crippen molar-refractivity contribution >= 4 is 38.9 Å². The Bertz CT molecular complexity index is 1030. The molecule has 168 valence electrons. The predicted octanol–water partition coefficient (Wildman–Crippen LogP) is 3.26. The fourth-order valence-electron chi connectivity index (χ4n) is 3.86. The molecule has 2 aromatic rings. The largest absolute Gasteiger partial charge is 0.350 e. The second-order valence-electron chi connectivity index (χ2n) is 8.22. The Balaban J connectivity index is 1.73. The Labute approximate surface area is 188 Å². The van der Waals surface area contributed by atoms with E-state index in [1.165, 1.54) is 17.0 Å². The smallest absolute Gasteiger partial charge is 0.251 e. The number of nitrogens with one attached hydrogen (secondary N) is 1. The number of carbonyl (C=O) groups excluding carboxylic acids is 2. The van der Waals surface area contributed by atoms with Gasteiger partial charge < -0.3 is 5.32 Å². The summed E-state index contributed by atoms with van der Waals surface area (Å²) in [6.45, 7) is 9.65. The van der Waals surface area contributed by atoms with Gasteiger partial charge in [0.05, 0.1) is 22.9 Å². The molecule has 1 unspecified atom stereocenters. The lowest BCUT2D eigenvalue weighted by atomic mass is 9.95. The average Bonchev–Trinajstić information content (AvgIpc) is 3.29. The van der Waals surface area contributed by atoms with Crippen LogP contribution in [-0.2, 0) is 14.8 Å². The van der Waals surface area contributed by atoms with Crippen LogP contribution in [0.3, 0.4) is 0 Å². The molecular weight excluding hydrogens is 434 g/mol. The van der Waals surface area contributed by atoms with E-state index in [0.29, 0.717) is 12.1 Å². The van der Waals surface area contributed by atoms with Gasteiger partial charge in [0.2, 0.25) is 15.9 Å². The lowest BCUT2D eigenvalue weighted by Crippen LogP contribution is -2.37. The number of hydrogen-bond donors (Lipinski definition) is 1. The second-order valence-corrected chi connectivity index (χ2v) is 11.0. The van der Waals surface area contributed by atoms with Gasteiger partial charge in [-0.25, -0.2) is 12.7 Å². The zero-order valence-corrected chi connectivity index (χ0v) is 19.9. The fraction of sp³-hybridized carbons (Fsp3) is 0.455. The lowest BCUT2D eigenvalue weighted by molar-refractivity contribution is -0.123. The first kappa shape index (κ1) is 23.4. The van der Waals surface area contributed by atoms with E-state index in [1.807, 2.05) is 11.4 Å². The molecule has 1 aromatic carbocycles. The van der Waals surface area contributed by atoms with Gasteiger partial charge in [0, 0.05) is 17.0 Å². The normalized spacial score (nSPS) is 18.4. The number of benzene rings is 1. The summed E-state index contributed by atoms with van der Waals surface area (Å²) in [7, 11) is -3.71. The van der Waals surface area contributed by atoms with Crippen LogP contribution in [0.15, 0.2) is 41.8 Å². The average molecular weight is 464 g/mol. The third-order valence-corrected chi connectivity index (χ3v) is 8.52. The van der Waals surface area contributed by atoms with Gasteiger partial charge in [-0.05, 0) is 62.6 Å². The third-order valence-electron chi connectivity index (χ3n) is 5.53.